The second-order valence-corrected chi connectivity index (χ2v) is 9.70. The molecule has 2 aliphatic heterocycles. The second-order valence-electron chi connectivity index (χ2n) is 7.77. The van der Waals surface area contributed by atoms with Crippen molar-refractivity contribution >= 4 is 21.6 Å². The smallest absolute Gasteiger partial charge is 0.243 e. The molecular weight excluding hydrogens is 386 g/mol. The van der Waals surface area contributed by atoms with Gasteiger partial charge in [-0.2, -0.15) is 4.31 Å². The number of nitrogens with zero attached hydrogens (tertiary/aromatic N) is 2. The normalized spacial score (nSPS) is 18.2. The molecule has 1 N–H and O–H groups in total. The Bertz CT molecular complexity index is 967. The van der Waals surface area contributed by atoms with Gasteiger partial charge in [-0.1, -0.05) is 30.7 Å². The van der Waals surface area contributed by atoms with E-state index in [1.54, 1.807) is 28.6 Å². The van der Waals surface area contributed by atoms with Gasteiger partial charge in [0.2, 0.25) is 15.9 Å². The van der Waals surface area contributed by atoms with Crippen LogP contribution in [-0.4, -0.2) is 49.7 Å². The van der Waals surface area contributed by atoms with Gasteiger partial charge in [0.1, 0.15) is 0 Å². The molecule has 4 rings (SSSR count). The maximum absolute atomic E-state index is 12.7. The number of sulfonamides is 1. The molecule has 0 bridgehead atoms. The van der Waals surface area contributed by atoms with Crippen molar-refractivity contribution in [1.82, 2.24) is 9.21 Å². The van der Waals surface area contributed by atoms with Gasteiger partial charge in [-0.15, -0.1) is 0 Å². The Morgan fingerprint density at radius 2 is 1.59 bits per heavy atom. The molecule has 2 aliphatic rings. The van der Waals surface area contributed by atoms with Gasteiger partial charge in [-0.25, -0.2) is 8.42 Å². The largest absolute Gasteiger partial charge is 0.325 e. The van der Waals surface area contributed by atoms with E-state index in [1.165, 1.54) is 11.1 Å². The summed E-state index contributed by atoms with van der Waals surface area (Å²) in [7, 11) is -3.45. The van der Waals surface area contributed by atoms with E-state index in [9.17, 15) is 13.2 Å². The van der Waals surface area contributed by atoms with E-state index >= 15 is 0 Å². The molecule has 0 aromatic heterocycles. The summed E-state index contributed by atoms with van der Waals surface area (Å²) in [6.45, 7) is 3.12. The van der Waals surface area contributed by atoms with Crippen LogP contribution in [0.1, 0.15) is 30.4 Å². The molecule has 0 radical (unpaired) electrons. The topological polar surface area (TPSA) is 69.7 Å². The van der Waals surface area contributed by atoms with Gasteiger partial charge < -0.3 is 5.32 Å². The fourth-order valence-electron chi connectivity index (χ4n) is 4.06. The summed E-state index contributed by atoms with van der Waals surface area (Å²) in [5, 5.41) is 2.88. The first-order valence-corrected chi connectivity index (χ1v) is 11.7. The summed E-state index contributed by atoms with van der Waals surface area (Å²) in [6, 6.07) is 14.8. The monoisotopic (exact) mass is 413 g/mol. The van der Waals surface area contributed by atoms with Gasteiger partial charge in [0.05, 0.1) is 11.4 Å². The zero-order valence-electron chi connectivity index (χ0n) is 16.5. The van der Waals surface area contributed by atoms with Crippen LogP contribution in [0.5, 0.6) is 0 Å². The summed E-state index contributed by atoms with van der Waals surface area (Å²) in [4.78, 5) is 14.9. The molecule has 0 saturated carbocycles. The zero-order chi connectivity index (χ0) is 20.3. The molecule has 7 heteroatoms. The summed E-state index contributed by atoms with van der Waals surface area (Å²) in [5.74, 6) is -0.0870. The molecule has 2 heterocycles. The Labute approximate surface area is 172 Å². The van der Waals surface area contributed by atoms with Gasteiger partial charge in [-0.05, 0) is 54.7 Å². The van der Waals surface area contributed by atoms with Crippen molar-refractivity contribution in [3.63, 3.8) is 0 Å². The molecule has 0 spiro atoms. The van der Waals surface area contributed by atoms with E-state index < -0.39 is 10.0 Å². The lowest BCUT2D eigenvalue weighted by Gasteiger charge is -2.28. The average Bonchev–Trinajstić information content (AvgIpc) is 2.74. The number of hydrogen-bond acceptors (Lipinski definition) is 4. The highest BCUT2D eigenvalue weighted by Gasteiger charge is 2.25. The van der Waals surface area contributed by atoms with E-state index in [1.807, 2.05) is 6.07 Å². The summed E-state index contributed by atoms with van der Waals surface area (Å²) >= 11 is 0. The number of piperidine rings is 1. The molecule has 29 heavy (non-hydrogen) atoms. The van der Waals surface area contributed by atoms with Crippen molar-refractivity contribution < 1.29 is 13.2 Å². The number of nitrogens with one attached hydrogen (secondary N) is 1. The van der Waals surface area contributed by atoms with Crippen molar-refractivity contribution in [2.75, 3.05) is 31.5 Å². The maximum atomic E-state index is 12.7. The van der Waals surface area contributed by atoms with Crippen LogP contribution in [0.4, 0.5) is 5.69 Å². The summed E-state index contributed by atoms with van der Waals surface area (Å²) < 4.78 is 27.0. The fraction of sp³-hybridized carbons (Fsp3) is 0.409. The van der Waals surface area contributed by atoms with Crippen molar-refractivity contribution in [2.24, 2.45) is 0 Å². The minimum absolute atomic E-state index is 0.0870. The van der Waals surface area contributed by atoms with Crippen LogP contribution in [-0.2, 0) is 27.8 Å². The number of hydrogen-bond donors (Lipinski definition) is 1. The molecule has 1 saturated heterocycles. The third-order valence-corrected chi connectivity index (χ3v) is 7.58. The molecule has 6 nitrogen and oxygen atoms in total. The zero-order valence-corrected chi connectivity index (χ0v) is 17.3. The van der Waals surface area contributed by atoms with Crippen molar-refractivity contribution in [3.8, 4) is 0 Å². The first-order chi connectivity index (χ1) is 14.0. The van der Waals surface area contributed by atoms with E-state index in [0.29, 0.717) is 25.3 Å². The van der Waals surface area contributed by atoms with E-state index in [0.717, 1.165) is 38.8 Å². The molecular formula is C22H27N3O3S. The highest BCUT2D eigenvalue weighted by Crippen LogP contribution is 2.22. The van der Waals surface area contributed by atoms with Gasteiger partial charge >= 0.3 is 0 Å². The standard InChI is InChI=1S/C22H27N3O3S/c26-22(17-24-15-12-18-6-2-3-7-19(18)16-24)23-20-8-10-21(11-9-20)29(27,28)25-13-4-1-5-14-25/h2-3,6-11H,1,4-5,12-17H2,(H,23,26). The number of rotatable bonds is 5. The Kier molecular flexibility index (Phi) is 5.99. The van der Waals surface area contributed by atoms with Gasteiger partial charge in [0.15, 0.2) is 0 Å². The SMILES string of the molecule is O=C(CN1CCc2ccccc2C1)Nc1ccc(S(=O)(=O)N2CCCCC2)cc1. The highest BCUT2D eigenvalue weighted by molar-refractivity contribution is 7.89. The van der Waals surface area contributed by atoms with Gasteiger partial charge in [-0.3, -0.25) is 9.69 Å². The second kappa shape index (κ2) is 8.65. The van der Waals surface area contributed by atoms with E-state index in [4.69, 9.17) is 0 Å². The highest BCUT2D eigenvalue weighted by atomic mass is 32.2. The van der Waals surface area contributed by atoms with Crippen molar-refractivity contribution in [1.29, 1.82) is 0 Å². The Balaban J connectivity index is 1.34. The van der Waals surface area contributed by atoms with Crippen LogP contribution in [0.3, 0.4) is 0 Å². The predicted octanol–water partition coefficient (Wildman–Crippen LogP) is 2.86. The fourth-order valence-corrected chi connectivity index (χ4v) is 5.57. The van der Waals surface area contributed by atoms with Gasteiger partial charge in [0, 0.05) is 31.9 Å². The third-order valence-electron chi connectivity index (χ3n) is 5.67. The maximum Gasteiger partial charge on any atom is 0.243 e. The molecule has 0 unspecified atom stereocenters. The van der Waals surface area contributed by atoms with Crippen LogP contribution in [0.15, 0.2) is 53.4 Å². The number of fused-ring (bicyclic) bond motifs is 1. The minimum atomic E-state index is -3.45. The predicted molar refractivity (Wildman–Crippen MR) is 113 cm³/mol. The molecule has 2 aromatic carbocycles. The lowest BCUT2D eigenvalue weighted by Crippen LogP contribution is -2.37. The summed E-state index contributed by atoms with van der Waals surface area (Å²) in [6.07, 6.45) is 3.86. The number of carbonyl (C=O) groups is 1. The van der Waals surface area contributed by atoms with Crippen molar-refractivity contribution in [3.05, 3.63) is 59.7 Å². The lowest BCUT2D eigenvalue weighted by molar-refractivity contribution is -0.117. The molecule has 154 valence electrons. The minimum Gasteiger partial charge on any atom is -0.325 e. The van der Waals surface area contributed by atoms with Crippen LogP contribution in [0.25, 0.3) is 0 Å². The number of carbonyl (C=O) groups excluding carboxylic acids is 1. The van der Waals surface area contributed by atoms with Crippen molar-refractivity contribution in [2.45, 2.75) is 37.1 Å². The van der Waals surface area contributed by atoms with Crippen LogP contribution in [0.2, 0.25) is 0 Å². The Hall–Kier alpha value is -2.22. The molecule has 2 aromatic rings. The lowest BCUT2D eigenvalue weighted by atomic mass is 10.00. The van der Waals surface area contributed by atoms with Crippen LogP contribution >= 0.6 is 0 Å². The Morgan fingerprint density at radius 1 is 0.897 bits per heavy atom. The molecule has 1 fully saturated rings. The number of amides is 1. The van der Waals surface area contributed by atoms with E-state index in [2.05, 4.69) is 28.4 Å². The third kappa shape index (κ3) is 4.69. The van der Waals surface area contributed by atoms with Crippen LogP contribution < -0.4 is 5.32 Å². The quantitative estimate of drug-likeness (QED) is 0.818. The first-order valence-electron chi connectivity index (χ1n) is 10.2. The number of benzene rings is 2. The van der Waals surface area contributed by atoms with E-state index in [-0.39, 0.29) is 10.8 Å². The molecule has 0 aliphatic carbocycles. The first kappa shape index (κ1) is 20.1. The van der Waals surface area contributed by atoms with Gasteiger partial charge in [0.25, 0.3) is 0 Å². The molecule has 0 atom stereocenters. The van der Waals surface area contributed by atoms with Crippen LogP contribution in [0, 0.1) is 0 Å². The molecule has 1 amide bonds. The summed E-state index contributed by atoms with van der Waals surface area (Å²) in [5.41, 5.74) is 3.25. The average molecular weight is 414 g/mol. The Morgan fingerprint density at radius 3 is 2.31 bits per heavy atom. The number of anilines is 1.